The minimum absolute atomic E-state index is 0.294. The number of piperidine rings is 2. The molecule has 2 rings (SSSR count). The molecule has 7 heteroatoms. The molecule has 0 radical (unpaired) electrons. The smallest absolute Gasteiger partial charge is 0.454 e. The SMILES string of the molecule is O=C(OC1CNCCC12CCNCC2)C(F)(F)F. The molecule has 2 fully saturated rings. The lowest BCUT2D eigenvalue weighted by Crippen LogP contribution is -2.55. The third kappa shape index (κ3) is 2.77. The number of rotatable bonds is 1. The number of carbonyl (C=O) groups excluding carboxylic acids is 1. The summed E-state index contributed by atoms with van der Waals surface area (Å²) in [5, 5.41) is 6.18. The highest BCUT2D eigenvalue weighted by Crippen LogP contribution is 2.40. The van der Waals surface area contributed by atoms with Crippen molar-refractivity contribution in [3.8, 4) is 0 Å². The van der Waals surface area contributed by atoms with Crippen LogP contribution in [0, 0.1) is 5.41 Å². The van der Waals surface area contributed by atoms with E-state index in [4.69, 9.17) is 4.74 Å². The molecule has 104 valence electrons. The summed E-state index contributed by atoms with van der Waals surface area (Å²) in [6.45, 7) is 2.60. The van der Waals surface area contributed by atoms with Crippen molar-refractivity contribution in [3.05, 3.63) is 0 Å². The molecule has 4 nitrogen and oxygen atoms in total. The largest absolute Gasteiger partial charge is 0.490 e. The molecule has 0 aromatic carbocycles. The van der Waals surface area contributed by atoms with Crippen LogP contribution in [0.1, 0.15) is 19.3 Å². The highest BCUT2D eigenvalue weighted by atomic mass is 19.4. The van der Waals surface area contributed by atoms with E-state index in [0.717, 1.165) is 38.9 Å². The van der Waals surface area contributed by atoms with Gasteiger partial charge in [0.2, 0.25) is 0 Å². The Labute approximate surface area is 103 Å². The molecule has 0 aliphatic carbocycles. The van der Waals surface area contributed by atoms with Gasteiger partial charge in [-0.1, -0.05) is 0 Å². The van der Waals surface area contributed by atoms with E-state index in [1.54, 1.807) is 0 Å². The number of hydrogen-bond acceptors (Lipinski definition) is 4. The summed E-state index contributed by atoms with van der Waals surface area (Å²) < 4.78 is 41.5. The van der Waals surface area contributed by atoms with E-state index >= 15 is 0 Å². The Morgan fingerprint density at radius 2 is 1.67 bits per heavy atom. The monoisotopic (exact) mass is 266 g/mol. The number of halogens is 3. The summed E-state index contributed by atoms with van der Waals surface area (Å²) in [5.41, 5.74) is -0.294. The molecule has 18 heavy (non-hydrogen) atoms. The summed E-state index contributed by atoms with van der Waals surface area (Å²) in [6.07, 6.45) is -3.33. The summed E-state index contributed by atoms with van der Waals surface area (Å²) in [5.74, 6) is -2.07. The van der Waals surface area contributed by atoms with E-state index < -0.39 is 18.2 Å². The molecule has 2 aliphatic rings. The van der Waals surface area contributed by atoms with Gasteiger partial charge in [0.05, 0.1) is 0 Å². The number of nitrogens with one attached hydrogen (secondary N) is 2. The van der Waals surface area contributed by atoms with Crippen molar-refractivity contribution in [2.24, 2.45) is 5.41 Å². The minimum atomic E-state index is -4.91. The normalized spacial score (nSPS) is 28.1. The van der Waals surface area contributed by atoms with Crippen LogP contribution in [-0.2, 0) is 9.53 Å². The van der Waals surface area contributed by atoms with Gasteiger partial charge in [-0.05, 0) is 38.9 Å². The molecule has 1 atom stereocenters. The standard InChI is InChI=1S/C11H17F3N2O2/c12-11(13,14)9(17)18-8-7-16-6-3-10(8)1-4-15-5-2-10/h8,15-16H,1-7H2. The van der Waals surface area contributed by atoms with Crippen LogP contribution in [0.15, 0.2) is 0 Å². The van der Waals surface area contributed by atoms with E-state index in [0.29, 0.717) is 6.54 Å². The molecule has 2 heterocycles. The fraction of sp³-hybridized carbons (Fsp3) is 0.909. The number of ether oxygens (including phenoxy) is 1. The maximum Gasteiger partial charge on any atom is 0.490 e. The molecule has 0 aromatic rings. The van der Waals surface area contributed by atoms with Crippen molar-refractivity contribution in [2.45, 2.75) is 31.5 Å². The van der Waals surface area contributed by atoms with Crippen molar-refractivity contribution >= 4 is 5.97 Å². The quantitative estimate of drug-likeness (QED) is 0.690. The summed E-state index contributed by atoms with van der Waals surface area (Å²) >= 11 is 0. The fourth-order valence-corrected chi connectivity index (χ4v) is 2.81. The lowest BCUT2D eigenvalue weighted by molar-refractivity contribution is -0.212. The molecule has 0 amide bonds. The van der Waals surface area contributed by atoms with E-state index in [2.05, 4.69) is 10.6 Å². The Kier molecular flexibility index (Phi) is 3.82. The Balaban J connectivity index is 2.06. The van der Waals surface area contributed by atoms with Crippen molar-refractivity contribution in [1.82, 2.24) is 10.6 Å². The number of alkyl halides is 3. The molecule has 2 saturated heterocycles. The van der Waals surface area contributed by atoms with Gasteiger partial charge in [-0.15, -0.1) is 0 Å². The van der Waals surface area contributed by atoms with E-state index in [-0.39, 0.29) is 5.41 Å². The average Bonchev–Trinajstić information content (AvgIpc) is 2.32. The first-order valence-electron chi connectivity index (χ1n) is 6.13. The second-order valence-electron chi connectivity index (χ2n) is 4.96. The van der Waals surface area contributed by atoms with Crippen LogP contribution in [0.5, 0.6) is 0 Å². The van der Waals surface area contributed by atoms with Crippen molar-refractivity contribution in [1.29, 1.82) is 0 Å². The van der Waals surface area contributed by atoms with Gasteiger partial charge in [0.15, 0.2) is 0 Å². The van der Waals surface area contributed by atoms with Gasteiger partial charge < -0.3 is 15.4 Å². The maximum absolute atomic E-state index is 12.3. The molecule has 1 spiro atoms. The van der Waals surface area contributed by atoms with Gasteiger partial charge in [-0.25, -0.2) is 4.79 Å². The molecule has 0 bridgehead atoms. The predicted octanol–water partition coefficient (Wildman–Crippen LogP) is 0.824. The number of esters is 1. The van der Waals surface area contributed by atoms with Gasteiger partial charge in [0.1, 0.15) is 6.10 Å². The zero-order chi connectivity index (χ0) is 13.2. The Morgan fingerprint density at radius 1 is 1.11 bits per heavy atom. The molecular weight excluding hydrogens is 249 g/mol. The van der Waals surface area contributed by atoms with Gasteiger partial charge in [0, 0.05) is 12.0 Å². The highest BCUT2D eigenvalue weighted by molar-refractivity contribution is 5.75. The summed E-state index contributed by atoms with van der Waals surface area (Å²) in [4.78, 5) is 11.0. The molecule has 2 aliphatic heterocycles. The van der Waals surface area contributed by atoms with Crippen molar-refractivity contribution in [3.63, 3.8) is 0 Å². The second-order valence-corrected chi connectivity index (χ2v) is 4.96. The first-order chi connectivity index (χ1) is 8.44. The van der Waals surface area contributed by atoms with Crippen LogP contribution in [0.2, 0.25) is 0 Å². The van der Waals surface area contributed by atoms with Gasteiger partial charge in [-0.2, -0.15) is 13.2 Å². The van der Waals surface area contributed by atoms with Crippen LogP contribution in [0.25, 0.3) is 0 Å². The molecule has 1 unspecified atom stereocenters. The average molecular weight is 266 g/mol. The second kappa shape index (κ2) is 5.05. The third-order valence-corrected chi connectivity index (χ3v) is 3.89. The van der Waals surface area contributed by atoms with E-state index in [1.807, 2.05) is 0 Å². The minimum Gasteiger partial charge on any atom is -0.454 e. The van der Waals surface area contributed by atoms with E-state index in [1.165, 1.54) is 0 Å². The molecule has 0 aromatic heterocycles. The van der Waals surface area contributed by atoms with Crippen LogP contribution in [0.4, 0.5) is 13.2 Å². The van der Waals surface area contributed by atoms with Crippen molar-refractivity contribution < 1.29 is 22.7 Å². The van der Waals surface area contributed by atoms with Gasteiger partial charge in [0.25, 0.3) is 0 Å². The fourth-order valence-electron chi connectivity index (χ4n) is 2.81. The highest BCUT2D eigenvalue weighted by Gasteiger charge is 2.48. The molecular formula is C11H17F3N2O2. The predicted molar refractivity (Wildman–Crippen MR) is 58.0 cm³/mol. The number of hydrogen-bond donors (Lipinski definition) is 2. The summed E-state index contributed by atoms with van der Waals surface area (Å²) in [6, 6.07) is 0. The number of carbonyl (C=O) groups is 1. The maximum atomic E-state index is 12.3. The summed E-state index contributed by atoms with van der Waals surface area (Å²) in [7, 11) is 0. The Hall–Kier alpha value is -0.820. The lowest BCUT2D eigenvalue weighted by Gasteiger charge is -2.46. The molecule has 0 saturated carbocycles. The zero-order valence-corrected chi connectivity index (χ0v) is 9.98. The van der Waals surface area contributed by atoms with Crippen molar-refractivity contribution in [2.75, 3.05) is 26.2 Å². The first kappa shape index (κ1) is 13.6. The lowest BCUT2D eigenvalue weighted by atomic mass is 9.70. The van der Waals surface area contributed by atoms with Crippen LogP contribution in [0.3, 0.4) is 0 Å². The Morgan fingerprint density at radius 3 is 2.22 bits per heavy atom. The Bertz CT molecular complexity index is 306. The van der Waals surface area contributed by atoms with Crippen LogP contribution >= 0.6 is 0 Å². The third-order valence-electron chi connectivity index (χ3n) is 3.89. The van der Waals surface area contributed by atoms with E-state index in [9.17, 15) is 18.0 Å². The topological polar surface area (TPSA) is 50.4 Å². The molecule has 2 N–H and O–H groups in total. The van der Waals surface area contributed by atoms with Gasteiger partial charge in [-0.3, -0.25) is 0 Å². The first-order valence-corrected chi connectivity index (χ1v) is 6.13. The van der Waals surface area contributed by atoms with Gasteiger partial charge >= 0.3 is 12.1 Å². The zero-order valence-electron chi connectivity index (χ0n) is 9.98. The van der Waals surface area contributed by atoms with Crippen LogP contribution < -0.4 is 10.6 Å². The van der Waals surface area contributed by atoms with Crippen LogP contribution in [-0.4, -0.2) is 44.4 Å².